The van der Waals surface area contributed by atoms with Crippen molar-refractivity contribution in [3.63, 3.8) is 0 Å². The first-order valence-corrected chi connectivity index (χ1v) is 9.07. The van der Waals surface area contributed by atoms with Gasteiger partial charge in [-0.05, 0) is 24.5 Å². The zero-order valence-corrected chi connectivity index (χ0v) is 14.6. The highest BCUT2D eigenvalue weighted by Crippen LogP contribution is 2.25. The molecule has 0 radical (unpaired) electrons. The number of sulfonamides is 1. The maximum Gasteiger partial charge on any atom is 0.254 e. The van der Waals surface area contributed by atoms with Crippen molar-refractivity contribution in [1.29, 1.82) is 0 Å². The summed E-state index contributed by atoms with van der Waals surface area (Å²) in [4.78, 5) is 14.4. The molecule has 1 fully saturated rings. The molecule has 1 amide bonds. The number of ether oxygens (including phenoxy) is 2. The summed E-state index contributed by atoms with van der Waals surface area (Å²) in [5.74, 6) is 1.05. The third-order valence-corrected chi connectivity index (χ3v) is 4.97. The average Bonchev–Trinajstić information content (AvgIpc) is 3.08. The number of hydrogen-bond donors (Lipinski definition) is 1. The number of nitrogens with one attached hydrogen (secondary N) is 1. The molecule has 1 aromatic rings. The summed E-state index contributed by atoms with van der Waals surface area (Å²) < 4.78 is 35.6. The lowest BCUT2D eigenvalue weighted by Crippen LogP contribution is -2.32. The third-order valence-electron chi connectivity index (χ3n) is 3.96. The Morgan fingerprint density at radius 1 is 1.33 bits per heavy atom. The lowest BCUT2D eigenvalue weighted by molar-refractivity contribution is 0.0786. The molecule has 1 aliphatic heterocycles. The lowest BCUT2D eigenvalue weighted by Gasteiger charge is -2.18. The molecule has 1 aromatic carbocycles. The van der Waals surface area contributed by atoms with E-state index in [4.69, 9.17) is 9.47 Å². The minimum atomic E-state index is -3.44. The first-order chi connectivity index (χ1) is 11.4. The molecule has 8 heteroatoms. The Bertz CT molecular complexity index is 695. The monoisotopic (exact) mass is 354 g/mol. The highest BCUT2D eigenvalue weighted by atomic mass is 32.2. The van der Waals surface area contributed by atoms with Gasteiger partial charge in [0.15, 0.2) is 0 Å². The second-order valence-corrected chi connectivity index (χ2v) is 7.28. The number of amides is 1. The quantitative estimate of drug-likeness (QED) is 0.796. The van der Waals surface area contributed by atoms with E-state index in [0.717, 1.165) is 11.8 Å². The van der Waals surface area contributed by atoms with Gasteiger partial charge in [-0.1, -0.05) is 6.58 Å². The average molecular weight is 354 g/mol. The molecule has 1 heterocycles. The van der Waals surface area contributed by atoms with Gasteiger partial charge in [0.2, 0.25) is 10.0 Å². The fraction of sp³-hybridized carbons (Fsp3) is 0.438. The number of methoxy groups -OCH3 is 2. The summed E-state index contributed by atoms with van der Waals surface area (Å²) in [5.41, 5.74) is 0.485. The Balaban J connectivity index is 2.03. The molecule has 1 N–H and O–H groups in total. The fourth-order valence-corrected chi connectivity index (χ4v) is 3.18. The van der Waals surface area contributed by atoms with Crippen LogP contribution in [0.3, 0.4) is 0 Å². The van der Waals surface area contributed by atoms with Crippen LogP contribution in [0.15, 0.2) is 30.2 Å². The van der Waals surface area contributed by atoms with Crippen LogP contribution in [-0.2, 0) is 10.0 Å². The van der Waals surface area contributed by atoms with Crippen LogP contribution < -0.4 is 14.2 Å². The van der Waals surface area contributed by atoms with E-state index >= 15 is 0 Å². The zero-order valence-electron chi connectivity index (χ0n) is 13.8. The predicted molar refractivity (Wildman–Crippen MR) is 90.7 cm³/mol. The molecule has 1 saturated heterocycles. The van der Waals surface area contributed by atoms with Crippen LogP contribution in [0.1, 0.15) is 16.8 Å². The Labute approximate surface area is 142 Å². The van der Waals surface area contributed by atoms with E-state index in [9.17, 15) is 13.2 Å². The van der Waals surface area contributed by atoms with E-state index in [1.807, 2.05) is 0 Å². The molecule has 132 valence electrons. The molecular formula is C16H22N2O5S. The van der Waals surface area contributed by atoms with Gasteiger partial charge in [0.1, 0.15) is 11.5 Å². The number of nitrogens with zero attached hydrogens (tertiary/aromatic N) is 1. The van der Waals surface area contributed by atoms with Crippen molar-refractivity contribution in [1.82, 2.24) is 9.62 Å². The van der Waals surface area contributed by atoms with Gasteiger partial charge in [0.05, 0.1) is 14.2 Å². The van der Waals surface area contributed by atoms with E-state index in [1.165, 1.54) is 14.2 Å². The van der Waals surface area contributed by atoms with E-state index < -0.39 is 10.0 Å². The normalized spacial score (nSPS) is 17.6. The van der Waals surface area contributed by atoms with Crippen molar-refractivity contribution >= 4 is 15.9 Å². The minimum absolute atomic E-state index is 0.0798. The summed E-state index contributed by atoms with van der Waals surface area (Å²) >= 11 is 0. The third kappa shape index (κ3) is 4.48. The summed E-state index contributed by atoms with van der Waals surface area (Å²) in [6.45, 7) is 4.63. The number of rotatable bonds is 7. The van der Waals surface area contributed by atoms with Crippen LogP contribution >= 0.6 is 0 Å². The van der Waals surface area contributed by atoms with Gasteiger partial charge >= 0.3 is 0 Å². The van der Waals surface area contributed by atoms with Crippen LogP contribution in [0.2, 0.25) is 0 Å². The highest BCUT2D eigenvalue weighted by Gasteiger charge is 2.28. The molecule has 24 heavy (non-hydrogen) atoms. The Morgan fingerprint density at radius 2 is 1.96 bits per heavy atom. The minimum Gasteiger partial charge on any atom is -0.497 e. The number of likely N-dealkylation sites (tertiary alicyclic amines) is 1. The first kappa shape index (κ1) is 18.3. The van der Waals surface area contributed by atoms with Crippen molar-refractivity contribution < 1.29 is 22.7 Å². The SMILES string of the molecule is C=CS(=O)(=O)NCC1CCN(C(=O)c2cc(OC)cc(OC)c2)C1. The molecular weight excluding hydrogens is 332 g/mol. The van der Waals surface area contributed by atoms with Crippen LogP contribution in [0.25, 0.3) is 0 Å². The van der Waals surface area contributed by atoms with E-state index in [2.05, 4.69) is 11.3 Å². The van der Waals surface area contributed by atoms with Gasteiger partial charge in [-0.2, -0.15) is 0 Å². The smallest absolute Gasteiger partial charge is 0.254 e. The van der Waals surface area contributed by atoms with E-state index in [1.54, 1.807) is 23.1 Å². The molecule has 1 unspecified atom stereocenters. The number of hydrogen-bond acceptors (Lipinski definition) is 5. The molecule has 2 rings (SSSR count). The van der Waals surface area contributed by atoms with Gasteiger partial charge in [-0.3, -0.25) is 4.79 Å². The lowest BCUT2D eigenvalue weighted by atomic mass is 10.1. The molecule has 0 aromatic heterocycles. The number of carbonyl (C=O) groups excluding carboxylic acids is 1. The zero-order chi connectivity index (χ0) is 17.7. The molecule has 1 aliphatic rings. The van der Waals surface area contributed by atoms with Gasteiger partial charge < -0.3 is 14.4 Å². The molecule has 0 aliphatic carbocycles. The van der Waals surface area contributed by atoms with Crippen molar-refractivity contribution in [2.45, 2.75) is 6.42 Å². The van der Waals surface area contributed by atoms with Crippen LogP contribution in [0.5, 0.6) is 11.5 Å². The van der Waals surface area contributed by atoms with Crippen molar-refractivity contribution in [3.8, 4) is 11.5 Å². The van der Waals surface area contributed by atoms with Crippen LogP contribution in [0.4, 0.5) is 0 Å². The van der Waals surface area contributed by atoms with E-state index in [-0.39, 0.29) is 11.8 Å². The van der Waals surface area contributed by atoms with Crippen molar-refractivity contribution in [2.24, 2.45) is 5.92 Å². The van der Waals surface area contributed by atoms with Crippen molar-refractivity contribution in [3.05, 3.63) is 35.7 Å². The largest absolute Gasteiger partial charge is 0.497 e. The topological polar surface area (TPSA) is 84.9 Å². The van der Waals surface area contributed by atoms with Gasteiger partial charge in [-0.25, -0.2) is 13.1 Å². The first-order valence-electron chi connectivity index (χ1n) is 7.53. The fourth-order valence-electron chi connectivity index (χ4n) is 2.59. The Morgan fingerprint density at radius 3 is 2.50 bits per heavy atom. The maximum atomic E-state index is 12.6. The highest BCUT2D eigenvalue weighted by molar-refractivity contribution is 7.92. The van der Waals surface area contributed by atoms with Crippen LogP contribution in [0, 0.1) is 5.92 Å². The Hall–Kier alpha value is -2.06. The molecule has 0 bridgehead atoms. The molecule has 1 atom stereocenters. The number of benzene rings is 1. The van der Waals surface area contributed by atoms with Gasteiger partial charge in [-0.15, -0.1) is 0 Å². The van der Waals surface area contributed by atoms with E-state index in [0.29, 0.717) is 36.7 Å². The second-order valence-electron chi connectivity index (χ2n) is 5.57. The Kier molecular flexibility index (Phi) is 5.84. The summed E-state index contributed by atoms with van der Waals surface area (Å²) in [6, 6.07) is 5.03. The molecule has 0 spiro atoms. The van der Waals surface area contributed by atoms with Crippen molar-refractivity contribution in [2.75, 3.05) is 33.9 Å². The number of carbonyl (C=O) groups is 1. The summed E-state index contributed by atoms with van der Waals surface area (Å²) in [5, 5.41) is 0.882. The predicted octanol–water partition coefficient (Wildman–Crippen LogP) is 1.23. The van der Waals surface area contributed by atoms with Crippen LogP contribution in [-0.4, -0.2) is 53.1 Å². The van der Waals surface area contributed by atoms with Gasteiger partial charge in [0.25, 0.3) is 5.91 Å². The van der Waals surface area contributed by atoms with Gasteiger partial charge in [0, 0.05) is 36.7 Å². The summed E-state index contributed by atoms with van der Waals surface area (Å²) in [6.07, 6.45) is 0.743. The maximum absolute atomic E-state index is 12.6. The molecule has 7 nitrogen and oxygen atoms in total. The standard InChI is InChI=1S/C16H22N2O5S/c1-4-24(20,21)17-10-12-5-6-18(11-12)16(19)13-7-14(22-2)9-15(8-13)23-3/h4,7-9,12,17H,1,5-6,10-11H2,2-3H3. The molecule has 0 saturated carbocycles. The second kappa shape index (κ2) is 7.67. The summed E-state index contributed by atoms with van der Waals surface area (Å²) in [7, 11) is -0.381.